The van der Waals surface area contributed by atoms with E-state index in [0.717, 1.165) is 18.9 Å². The van der Waals surface area contributed by atoms with Crippen molar-refractivity contribution >= 4 is 46.5 Å². The molecular weight excluding hydrogens is 553 g/mol. The molecular formula is C27H26FN7O7. The number of hydrogen-bond acceptors (Lipinski definition) is 10. The lowest BCUT2D eigenvalue weighted by Crippen LogP contribution is -2.39. The molecule has 3 N–H and O–H groups in total. The second-order valence-electron chi connectivity index (χ2n) is 10.8. The zero-order valence-electron chi connectivity index (χ0n) is 22.2. The molecule has 2 saturated heterocycles. The number of pyridine rings is 3. The molecule has 3 aliphatic heterocycles. The van der Waals surface area contributed by atoms with Crippen LogP contribution in [0.4, 0.5) is 26.6 Å². The van der Waals surface area contributed by atoms with Gasteiger partial charge in [0.2, 0.25) is 5.43 Å². The van der Waals surface area contributed by atoms with E-state index in [0.29, 0.717) is 37.6 Å². The van der Waals surface area contributed by atoms with E-state index >= 15 is 4.39 Å². The number of fused-ring (bicyclic) bond motifs is 2. The second-order valence-corrected chi connectivity index (χ2v) is 10.8. The van der Waals surface area contributed by atoms with E-state index in [4.69, 9.17) is 9.47 Å². The quantitative estimate of drug-likeness (QED) is 0.371. The summed E-state index contributed by atoms with van der Waals surface area (Å²) in [6.07, 6.45) is 2.64. The van der Waals surface area contributed by atoms with Gasteiger partial charge in [-0.2, -0.15) is 0 Å². The first-order valence-corrected chi connectivity index (χ1v) is 13.6. The number of anilines is 3. The molecule has 0 spiro atoms. The highest BCUT2D eigenvalue weighted by atomic mass is 19.1. The molecule has 3 aromatic heterocycles. The van der Waals surface area contributed by atoms with Crippen molar-refractivity contribution in [2.24, 2.45) is 0 Å². The van der Waals surface area contributed by atoms with Crippen LogP contribution < -0.4 is 30.6 Å². The number of ether oxygens (including phenoxy) is 2. The van der Waals surface area contributed by atoms with Gasteiger partial charge >= 0.3 is 12.1 Å². The van der Waals surface area contributed by atoms with Crippen molar-refractivity contribution in [1.29, 1.82) is 0 Å². The summed E-state index contributed by atoms with van der Waals surface area (Å²) in [6.45, 7) is 1.47. The number of carboxylic acid groups (broad SMARTS) is 1. The summed E-state index contributed by atoms with van der Waals surface area (Å²) in [5.74, 6) is -1.26. The Kier molecular flexibility index (Phi) is 6.18. The van der Waals surface area contributed by atoms with Gasteiger partial charge in [-0.3, -0.25) is 14.5 Å². The Morgan fingerprint density at radius 2 is 2.00 bits per heavy atom. The molecule has 0 unspecified atom stereocenters. The van der Waals surface area contributed by atoms with Gasteiger partial charge in [-0.25, -0.2) is 23.9 Å². The lowest BCUT2D eigenvalue weighted by molar-refractivity contribution is -0.118. The molecule has 1 saturated carbocycles. The van der Waals surface area contributed by atoms with E-state index < -0.39 is 35.0 Å². The predicted molar refractivity (Wildman–Crippen MR) is 146 cm³/mol. The third-order valence-electron chi connectivity index (χ3n) is 7.84. The highest BCUT2D eigenvalue weighted by Crippen LogP contribution is 2.37. The van der Waals surface area contributed by atoms with Gasteiger partial charge < -0.3 is 34.7 Å². The Bertz CT molecular complexity index is 1710. The number of aromatic nitrogens is 3. The molecule has 0 bridgehead atoms. The largest absolute Gasteiger partial charge is 0.480 e. The van der Waals surface area contributed by atoms with Gasteiger partial charge in [0.05, 0.1) is 11.9 Å². The molecule has 2 atom stereocenters. The van der Waals surface area contributed by atoms with E-state index in [1.54, 1.807) is 21.6 Å². The molecule has 1 aliphatic carbocycles. The first kappa shape index (κ1) is 26.1. The standard InChI is InChI=1S/C27H26FN7O7/c28-18-7-16-22(37)17(26(38)39)11-34(14-1-2-14)24(16)32-25(18)33-6-5-13(9-33)29-8-15-10-35(27(40)42-15)20-4-3-19-23(30-20)31-21(36)12-41-19/h3-4,7,11,13-15,29H,1-2,5-6,8-10,12H2,(H,38,39)(H,30,31,36)/t13-,15-/m0/s1. The van der Waals surface area contributed by atoms with Crippen LogP contribution >= 0.6 is 0 Å². The Morgan fingerprint density at radius 3 is 2.79 bits per heavy atom. The molecule has 218 valence electrons. The number of carbonyl (C=O) groups excluding carboxylic acids is 2. The predicted octanol–water partition coefficient (Wildman–Crippen LogP) is 1.49. The first-order chi connectivity index (χ1) is 20.2. The van der Waals surface area contributed by atoms with Crippen molar-refractivity contribution < 1.29 is 33.4 Å². The van der Waals surface area contributed by atoms with Crippen molar-refractivity contribution in [2.75, 3.05) is 47.9 Å². The van der Waals surface area contributed by atoms with Gasteiger partial charge in [0.1, 0.15) is 23.1 Å². The second kappa shape index (κ2) is 9.94. The number of carboxylic acids is 1. The molecule has 6 heterocycles. The molecule has 2 amide bonds. The topological polar surface area (TPSA) is 168 Å². The van der Waals surface area contributed by atoms with E-state index in [1.165, 1.54) is 11.1 Å². The van der Waals surface area contributed by atoms with E-state index in [1.807, 2.05) is 0 Å². The van der Waals surface area contributed by atoms with E-state index in [2.05, 4.69) is 20.6 Å². The smallest absolute Gasteiger partial charge is 0.416 e. The number of nitrogens with zero attached hydrogens (tertiary/aromatic N) is 5. The summed E-state index contributed by atoms with van der Waals surface area (Å²) in [5, 5.41) is 15.4. The fourth-order valence-corrected chi connectivity index (χ4v) is 5.58. The van der Waals surface area contributed by atoms with Gasteiger partial charge in [-0.15, -0.1) is 0 Å². The number of cyclic esters (lactones) is 1. The Balaban J connectivity index is 1.02. The molecule has 3 aromatic rings. The van der Waals surface area contributed by atoms with Crippen LogP contribution in [0.5, 0.6) is 5.75 Å². The highest BCUT2D eigenvalue weighted by Gasteiger charge is 2.35. The normalized spacial score (nSPS) is 21.7. The van der Waals surface area contributed by atoms with Crippen molar-refractivity contribution in [1.82, 2.24) is 19.9 Å². The minimum Gasteiger partial charge on any atom is -0.480 e. The maximum absolute atomic E-state index is 15.2. The van der Waals surface area contributed by atoms with E-state index in [-0.39, 0.29) is 53.8 Å². The fourth-order valence-electron chi connectivity index (χ4n) is 5.58. The van der Waals surface area contributed by atoms with Crippen molar-refractivity contribution in [3.63, 3.8) is 0 Å². The maximum atomic E-state index is 15.2. The van der Waals surface area contributed by atoms with Gasteiger partial charge in [0.15, 0.2) is 29.8 Å². The van der Waals surface area contributed by atoms with Gasteiger partial charge in [-0.1, -0.05) is 0 Å². The van der Waals surface area contributed by atoms with Crippen LogP contribution in [0.2, 0.25) is 0 Å². The fraction of sp³-hybridized carbons (Fsp3) is 0.407. The minimum absolute atomic E-state index is 0.0299. The highest BCUT2D eigenvalue weighted by molar-refractivity contribution is 5.95. The molecule has 42 heavy (non-hydrogen) atoms. The average molecular weight is 580 g/mol. The van der Waals surface area contributed by atoms with Gasteiger partial charge in [0.25, 0.3) is 5.91 Å². The molecule has 4 aliphatic rings. The van der Waals surface area contributed by atoms with Crippen molar-refractivity contribution in [3.05, 3.63) is 46.0 Å². The van der Waals surface area contributed by atoms with Crippen LogP contribution in [0.3, 0.4) is 0 Å². The van der Waals surface area contributed by atoms with Crippen LogP contribution in [0.15, 0.2) is 29.2 Å². The number of nitrogens with one attached hydrogen (secondary N) is 2. The Labute approximate surface area is 237 Å². The Morgan fingerprint density at radius 1 is 1.17 bits per heavy atom. The molecule has 3 fully saturated rings. The average Bonchev–Trinajstić information content (AvgIpc) is 3.58. The maximum Gasteiger partial charge on any atom is 0.416 e. The van der Waals surface area contributed by atoms with Crippen molar-refractivity contribution in [3.8, 4) is 5.75 Å². The summed E-state index contributed by atoms with van der Waals surface area (Å²) in [7, 11) is 0. The number of aromatic carboxylic acids is 1. The monoisotopic (exact) mass is 579 g/mol. The molecule has 15 heteroatoms. The van der Waals surface area contributed by atoms with Crippen molar-refractivity contribution in [2.45, 2.75) is 37.5 Å². The van der Waals surface area contributed by atoms with Gasteiger partial charge in [-0.05, 0) is 37.5 Å². The van der Waals surface area contributed by atoms with Crippen LogP contribution in [-0.2, 0) is 9.53 Å². The SMILES string of the molecule is O=C1COc2ccc(N3C[C@H](CN[C@H]4CCN(c5nc6c(cc5F)c(=O)c(C(=O)O)cn6C5CC5)C4)OC3=O)nc2N1. The third kappa shape index (κ3) is 4.64. The number of amides is 2. The number of halogens is 1. The van der Waals surface area contributed by atoms with Gasteiger partial charge in [0, 0.05) is 37.9 Å². The third-order valence-corrected chi connectivity index (χ3v) is 7.84. The molecule has 0 aromatic carbocycles. The summed E-state index contributed by atoms with van der Waals surface area (Å²) < 4.78 is 27.8. The summed E-state index contributed by atoms with van der Waals surface area (Å²) >= 11 is 0. The lowest BCUT2D eigenvalue weighted by atomic mass is 10.2. The number of carbonyl (C=O) groups is 3. The molecule has 0 radical (unpaired) electrons. The summed E-state index contributed by atoms with van der Waals surface area (Å²) in [4.78, 5) is 60.5. The van der Waals surface area contributed by atoms with E-state index in [9.17, 15) is 24.3 Å². The zero-order chi connectivity index (χ0) is 29.1. The summed E-state index contributed by atoms with van der Waals surface area (Å²) in [6, 6.07) is 4.34. The Hall–Kier alpha value is -4.79. The molecule has 7 rings (SSSR count). The number of rotatable bonds is 7. The van der Waals surface area contributed by atoms with Crippen LogP contribution in [0.25, 0.3) is 11.0 Å². The zero-order valence-corrected chi connectivity index (χ0v) is 22.2. The lowest BCUT2D eigenvalue weighted by Gasteiger charge is -2.21. The first-order valence-electron chi connectivity index (χ1n) is 13.6. The van der Waals surface area contributed by atoms with Crippen LogP contribution in [0.1, 0.15) is 35.7 Å². The number of hydrogen-bond donors (Lipinski definition) is 3. The van der Waals surface area contributed by atoms with Crippen LogP contribution in [-0.4, -0.2) is 82.5 Å². The molecule has 14 nitrogen and oxygen atoms in total. The van der Waals surface area contributed by atoms with Crippen LogP contribution in [0, 0.1) is 5.82 Å². The summed E-state index contributed by atoms with van der Waals surface area (Å²) in [5.41, 5.74) is -0.875. The minimum atomic E-state index is -1.35.